The second-order valence-electron chi connectivity index (χ2n) is 15.8. The van der Waals surface area contributed by atoms with E-state index in [1.54, 1.807) is 13.8 Å². The molecule has 1 saturated heterocycles. The molecule has 1 heterocycles. The number of esters is 4. The first-order valence-electron chi connectivity index (χ1n) is 17.4. The largest absolute Gasteiger partial charge is 0.463 e. The fourth-order valence-corrected chi connectivity index (χ4v) is 7.09. The topological polar surface area (TPSA) is 125 Å². The van der Waals surface area contributed by atoms with Gasteiger partial charge in [-0.1, -0.05) is 34.1 Å². The Kier molecular flexibility index (Phi) is 13.9. The lowest BCUT2D eigenvalue weighted by atomic mass is 9.65. The molecule has 0 aromatic heterocycles. The average Bonchev–Trinajstić information content (AvgIpc) is 3.39. The molecule has 0 spiro atoms. The van der Waals surface area contributed by atoms with Crippen LogP contribution in [0.4, 0.5) is 26.3 Å². The molecule has 0 aromatic carbocycles. The normalized spacial score (nSPS) is 21.8. The number of rotatable bonds is 16. The van der Waals surface area contributed by atoms with Crippen molar-refractivity contribution in [3.8, 4) is 0 Å². The van der Waals surface area contributed by atoms with Crippen LogP contribution in [0.25, 0.3) is 0 Å². The van der Waals surface area contributed by atoms with E-state index in [0.717, 1.165) is 19.3 Å². The maximum absolute atomic E-state index is 14.0. The highest BCUT2D eigenvalue weighted by Crippen LogP contribution is 2.49. The zero-order valence-electron chi connectivity index (χ0n) is 30.4. The van der Waals surface area contributed by atoms with Gasteiger partial charge in [0.15, 0.2) is 0 Å². The molecule has 0 amide bonds. The van der Waals surface area contributed by atoms with Gasteiger partial charge in [0.05, 0.1) is 22.9 Å². The van der Waals surface area contributed by atoms with Crippen LogP contribution in [0.1, 0.15) is 132 Å². The monoisotopic (exact) mass is 732 g/mol. The van der Waals surface area contributed by atoms with Crippen LogP contribution in [0.15, 0.2) is 0 Å². The highest BCUT2D eigenvalue weighted by atomic mass is 19.4. The first kappa shape index (κ1) is 43.6. The van der Waals surface area contributed by atoms with Gasteiger partial charge in [0.2, 0.25) is 6.10 Å². The highest BCUT2D eigenvalue weighted by Gasteiger charge is 2.71. The summed E-state index contributed by atoms with van der Waals surface area (Å²) in [4.78, 5) is 53.7. The van der Waals surface area contributed by atoms with Crippen LogP contribution in [-0.2, 0) is 38.1 Å². The van der Waals surface area contributed by atoms with E-state index in [0.29, 0.717) is 19.3 Å². The van der Waals surface area contributed by atoms with Crippen LogP contribution in [0.2, 0.25) is 0 Å². The number of cyclic esters (lactones) is 1. The van der Waals surface area contributed by atoms with Gasteiger partial charge >= 0.3 is 36.2 Å². The molecule has 0 aromatic rings. The Morgan fingerprint density at radius 3 is 1.88 bits per heavy atom. The Morgan fingerprint density at radius 2 is 1.44 bits per heavy atom. The van der Waals surface area contributed by atoms with E-state index in [-0.39, 0.29) is 25.9 Å². The number of hydrogen-bond donors (Lipinski definition) is 1. The SMILES string of the molecule is CCC1(OC(=O)C(C)(CC)CC(C)(CC(C)(C)C(=O)OC(CC(C)C)CC(O)(C(F)(F)F)C(F)(F)F)C(=O)OC2CCOC2=O)CCCCC1. The van der Waals surface area contributed by atoms with E-state index in [2.05, 4.69) is 0 Å². The molecule has 290 valence electrons. The molecule has 2 fully saturated rings. The Labute approximate surface area is 290 Å². The molecule has 15 heteroatoms. The van der Waals surface area contributed by atoms with Gasteiger partial charge in [-0.2, -0.15) is 26.3 Å². The molecule has 0 bridgehead atoms. The summed E-state index contributed by atoms with van der Waals surface area (Å²) in [5.41, 5.74) is -10.7. The Balaban J connectivity index is 2.48. The van der Waals surface area contributed by atoms with Gasteiger partial charge in [-0.3, -0.25) is 14.4 Å². The number of aliphatic hydroxyl groups is 1. The minimum Gasteiger partial charge on any atom is -0.463 e. The van der Waals surface area contributed by atoms with Gasteiger partial charge in [-0.15, -0.1) is 0 Å². The van der Waals surface area contributed by atoms with E-state index in [1.807, 2.05) is 6.92 Å². The Hall–Kier alpha value is -2.58. The number of carbonyl (C=O) groups is 4. The number of halogens is 6. The molecular weight excluding hydrogens is 678 g/mol. The predicted octanol–water partition coefficient (Wildman–Crippen LogP) is 7.93. The van der Waals surface area contributed by atoms with Crippen molar-refractivity contribution in [2.75, 3.05) is 6.61 Å². The third-order valence-electron chi connectivity index (χ3n) is 10.3. The third kappa shape index (κ3) is 10.3. The van der Waals surface area contributed by atoms with Gasteiger partial charge in [-0.05, 0) is 91.4 Å². The van der Waals surface area contributed by atoms with Crippen LogP contribution < -0.4 is 0 Å². The minimum atomic E-state index is -6.13. The lowest BCUT2D eigenvalue weighted by Gasteiger charge is -2.43. The van der Waals surface area contributed by atoms with Crippen LogP contribution in [0.3, 0.4) is 0 Å². The van der Waals surface area contributed by atoms with E-state index in [1.165, 1.54) is 34.6 Å². The van der Waals surface area contributed by atoms with Crippen LogP contribution in [0, 0.1) is 22.2 Å². The highest BCUT2D eigenvalue weighted by molar-refractivity contribution is 5.85. The van der Waals surface area contributed by atoms with Crippen molar-refractivity contribution in [2.45, 2.75) is 168 Å². The smallest absolute Gasteiger partial charge is 0.426 e. The summed E-state index contributed by atoms with van der Waals surface area (Å²) < 4.78 is 103. The van der Waals surface area contributed by atoms with Gasteiger partial charge in [-0.25, -0.2) is 4.79 Å². The molecule has 2 rings (SSSR count). The molecule has 9 nitrogen and oxygen atoms in total. The van der Waals surface area contributed by atoms with Crippen LogP contribution in [-0.4, -0.2) is 71.4 Å². The molecule has 0 radical (unpaired) electrons. The number of carbonyl (C=O) groups excluding carboxylic acids is 4. The fraction of sp³-hybridized carbons (Fsp3) is 0.886. The fourth-order valence-electron chi connectivity index (χ4n) is 7.09. The Morgan fingerprint density at radius 1 is 0.880 bits per heavy atom. The zero-order chi connectivity index (χ0) is 38.6. The van der Waals surface area contributed by atoms with Crippen molar-refractivity contribution < 1.29 is 69.6 Å². The molecule has 1 saturated carbocycles. The van der Waals surface area contributed by atoms with Crippen molar-refractivity contribution in [1.82, 2.24) is 0 Å². The number of ether oxygens (including phenoxy) is 4. The average molecular weight is 733 g/mol. The van der Waals surface area contributed by atoms with E-state index in [9.17, 15) is 50.6 Å². The maximum Gasteiger partial charge on any atom is 0.426 e. The second-order valence-corrected chi connectivity index (χ2v) is 15.8. The summed E-state index contributed by atoms with van der Waals surface area (Å²) >= 11 is 0. The molecule has 2 aliphatic rings. The second kappa shape index (κ2) is 16.0. The van der Waals surface area contributed by atoms with Gasteiger partial charge in [0, 0.05) is 12.8 Å². The van der Waals surface area contributed by atoms with Crippen molar-refractivity contribution >= 4 is 23.9 Å². The molecule has 1 aliphatic carbocycles. The first-order chi connectivity index (χ1) is 22.7. The van der Waals surface area contributed by atoms with E-state index >= 15 is 0 Å². The molecule has 4 unspecified atom stereocenters. The van der Waals surface area contributed by atoms with Crippen molar-refractivity contribution in [1.29, 1.82) is 0 Å². The maximum atomic E-state index is 14.0. The predicted molar refractivity (Wildman–Crippen MR) is 168 cm³/mol. The molecule has 1 aliphatic heterocycles. The summed E-state index contributed by atoms with van der Waals surface area (Å²) in [7, 11) is 0. The minimum absolute atomic E-state index is 0.00283. The van der Waals surface area contributed by atoms with E-state index in [4.69, 9.17) is 18.9 Å². The summed E-state index contributed by atoms with van der Waals surface area (Å²) in [5, 5.41) is 9.88. The summed E-state index contributed by atoms with van der Waals surface area (Å²) in [6.07, 6.45) is -13.7. The summed E-state index contributed by atoms with van der Waals surface area (Å²) in [5.74, 6) is -4.08. The molecule has 4 atom stereocenters. The standard InChI is InChI=1S/C35H54F6O9/c1-9-30(7,28(45)50-32(10-2)15-12-11-13-16-32)21-31(8,27(44)49-24-14-17-47-25(24)42)20-29(5,6)26(43)48-23(18-22(3)4)19-33(46,34(36,37)38)35(39,40)41/h22-24,46H,9-21H2,1-8H3. The first-order valence-corrected chi connectivity index (χ1v) is 17.4. The van der Waals surface area contributed by atoms with Crippen LogP contribution in [0.5, 0.6) is 0 Å². The summed E-state index contributed by atoms with van der Waals surface area (Å²) in [6, 6.07) is 0. The molecule has 1 N–H and O–H groups in total. The van der Waals surface area contributed by atoms with Gasteiger partial charge in [0.25, 0.3) is 5.60 Å². The lowest BCUT2D eigenvalue weighted by molar-refractivity contribution is -0.374. The quantitative estimate of drug-likeness (QED) is 0.0957. The lowest BCUT2D eigenvalue weighted by Crippen LogP contribution is -2.59. The van der Waals surface area contributed by atoms with Crippen molar-refractivity contribution in [3.63, 3.8) is 0 Å². The van der Waals surface area contributed by atoms with Crippen molar-refractivity contribution in [3.05, 3.63) is 0 Å². The zero-order valence-corrected chi connectivity index (χ0v) is 30.4. The number of hydrogen-bond acceptors (Lipinski definition) is 9. The van der Waals surface area contributed by atoms with Crippen LogP contribution >= 0.6 is 0 Å². The van der Waals surface area contributed by atoms with Gasteiger partial charge < -0.3 is 24.1 Å². The molecule has 50 heavy (non-hydrogen) atoms. The van der Waals surface area contributed by atoms with E-state index < -0.39 is 101 Å². The Bertz CT molecular complexity index is 1190. The third-order valence-corrected chi connectivity index (χ3v) is 10.3. The molecular formula is C35H54F6O9. The summed E-state index contributed by atoms with van der Waals surface area (Å²) in [6.45, 7) is 12.3. The number of alkyl halides is 6. The van der Waals surface area contributed by atoms with Gasteiger partial charge in [0.1, 0.15) is 11.7 Å². The van der Waals surface area contributed by atoms with Crippen molar-refractivity contribution in [2.24, 2.45) is 22.2 Å².